The van der Waals surface area contributed by atoms with Gasteiger partial charge in [-0.05, 0) is 12.1 Å². The number of carboxylic acids is 1. The standard InChI is InChI=1S/C14H13Cl2NO3S/c1-7(2)13-17-9(6-21-13)5-20-12-10(14(18)19)3-8(15)4-11(12)16/h3-4,6-7H,5H2,1-2H3,(H,18,19). The van der Waals surface area contributed by atoms with Crippen molar-refractivity contribution in [1.82, 2.24) is 4.98 Å². The van der Waals surface area contributed by atoms with Crippen LogP contribution in [0.1, 0.15) is 40.8 Å². The second kappa shape index (κ2) is 6.64. The van der Waals surface area contributed by atoms with Crippen molar-refractivity contribution in [2.75, 3.05) is 0 Å². The molecule has 1 aromatic carbocycles. The zero-order chi connectivity index (χ0) is 15.6. The van der Waals surface area contributed by atoms with E-state index < -0.39 is 5.97 Å². The van der Waals surface area contributed by atoms with Crippen LogP contribution in [0.15, 0.2) is 17.5 Å². The van der Waals surface area contributed by atoms with Gasteiger partial charge in [0, 0.05) is 16.3 Å². The van der Waals surface area contributed by atoms with Crippen LogP contribution in [-0.4, -0.2) is 16.1 Å². The largest absolute Gasteiger partial charge is 0.485 e. The first kappa shape index (κ1) is 16.1. The third kappa shape index (κ3) is 3.87. The van der Waals surface area contributed by atoms with Crippen LogP contribution < -0.4 is 4.74 Å². The Kier molecular flexibility index (Phi) is 5.08. The van der Waals surface area contributed by atoms with E-state index in [9.17, 15) is 9.90 Å². The van der Waals surface area contributed by atoms with E-state index >= 15 is 0 Å². The molecular formula is C14H13Cl2NO3S. The Morgan fingerprint density at radius 2 is 2.14 bits per heavy atom. The van der Waals surface area contributed by atoms with Gasteiger partial charge >= 0.3 is 5.97 Å². The van der Waals surface area contributed by atoms with Gasteiger partial charge in [-0.15, -0.1) is 11.3 Å². The lowest BCUT2D eigenvalue weighted by Crippen LogP contribution is -2.04. The molecule has 0 amide bonds. The maximum atomic E-state index is 11.2. The van der Waals surface area contributed by atoms with Crippen molar-refractivity contribution in [3.63, 3.8) is 0 Å². The number of ether oxygens (including phenoxy) is 1. The smallest absolute Gasteiger partial charge is 0.339 e. The van der Waals surface area contributed by atoms with E-state index in [4.69, 9.17) is 27.9 Å². The average Bonchev–Trinajstić information content (AvgIpc) is 2.85. The first-order chi connectivity index (χ1) is 9.88. The number of aromatic carboxylic acids is 1. The van der Waals surface area contributed by atoms with Crippen LogP contribution in [0, 0.1) is 0 Å². The molecule has 7 heteroatoms. The highest BCUT2D eigenvalue weighted by Gasteiger charge is 2.17. The van der Waals surface area contributed by atoms with E-state index in [1.807, 2.05) is 5.38 Å². The van der Waals surface area contributed by atoms with Gasteiger partial charge in [0.25, 0.3) is 0 Å². The van der Waals surface area contributed by atoms with Crippen molar-refractivity contribution in [2.45, 2.75) is 26.4 Å². The van der Waals surface area contributed by atoms with Crippen LogP contribution in [-0.2, 0) is 6.61 Å². The summed E-state index contributed by atoms with van der Waals surface area (Å²) in [6.45, 7) is 4.27. The summed E-state index contributed by atoms with van der Waals surface area (Å²) in [5.74, 6) is -0.694. The summed E-state index contributed by atoms with van der Waals surface area (Å²) in [4.78, 5) is 15.6. The fourth-order valence-corrected chi connectivity index (χ4v) is 3.03. The van der Waals surface area contributed by atoms with Gasteiger partial charge in [-0.2, -0.15) is 0 Å². The van der Waals surface area contributed by atoms with Gasteiger partial charge in [0.2, 0.25) is 0 Å². The molecule has 0 bridgehead atoms. The highest BCUT2D eigenvalue weighted by Crippen LogP contribution is 2.33. The van der Waals surface area contributed by atoms with Crippen LogP contribution >= 0.6 is 34.5 Å². The molecule has 1 heterocycles. The molecule has 4 nitrogen and oxygen atoms in total. The molecule has 0 radical (unpaired) electrons. The zero-order valence-corrected chi connectivity index (χ0v) is 13.7. The third-order valence-corrected chi connectivity index (χ3v) is 4.36. The van der Waals surface area contributed by atoms with Gasteiger partial charge in [-0.3, -0.25) is 0 Å². The number of aromatic nitrogens is 1. The van der Waals surface area contributed by atoms with Gasteiger partial charge in [0.15, 0.2) is 5.75 Å². The van der Waals surface area contributed by atoms with Crippen molar-refractivity contribution >= 4 is 40.5 Å². The number of benzene rings is 1. The lowest BCUT2D eigenvalue weighted by Gasteiger charge is -2.10. The van der Waals surface area contributed by atoms with Crippen LogP contribution in [0.5, 0.6) is 5.75 Å². The van der Waals surface area contributed by atoms with Gasteiger partial charge in [-0.25, -0.2) is 9.78 Å². The lowest BCUT2D eigenvalue weighted by molar-refractivity contribution is 0.0691. The molecule has 1 N–H and O–H groups in total. The van der Waals surface area contributed by atoms with Gasteiger partial charge < -0.3 is 9.84 Å². The Morgan fingerprint density at radius 1 is 1.43 bits per heavy atom. The molecule has 0 spiro atoms. The molecule has 112 valence electrons. The minimum absolute atomic E-state index is 0.0631. The summed E-state index contributed by atoms with van der Waals surface area (Å²) in [6, 6.07) is 2.76. The van der Waals surface area contributed by atoms with Crippen LogP contribution in [0.3, 0.4) is 0 Å². The quantitative estimate of drug-likeness (QED) is 0.841. The number of rotatable bonds is 5. The van der Waals surface area contributed by atoms with Crippen molar-refractivity contribution < 1.29 is 14.6 Å². The second-order valence-electron chi connectivity index (χ2n) is 4.69. The molecule has 0 aliphatic carbocycles. The van der Waals surface area contributed by atoms with Crippen LogP contribution in [0.4, 0.5) is 0 Å². The molecule has 2 rings (SSSR count). The highest BCUT2D eigenvalue weighted by molar-refractivity contribution is 7.09. The third-order valence-electron chi connectivity index (χ3n) is 2.67. The average molecular weight is 346 g/mol. The van der Waals surface area contributed by atoms with Crippen molar-refractivity contribution in [3.05, 3.63) is 43.8 Å². The molecule has 0 saturated carbocycles. The number of halogens is 2. The van der Waals surface area contributed by atoms with Crippen molar-refractivity contribution in [2.24, 2.45) is 0 Å². The van der Waals surface area contributed by atoms with E-state index in [1.165, 1.54) is 12.1 Å². The SMILES string of the molecule is CC(C)c1nc(COc2c(Cl)cc(Cl)cc2C(=O)O)cs1. The fraction of sp³-hybridized carbons (Fsp3) is 0.286. The summed E-state index contributed by atoms with van der Waals surface area (Å²) in [7, 11) is 0. The number of hydrogen-bond acceptors (Lipinski definition) is 4. The maximum absolute atomic E-state index is 11.2. The predicted molar refractivity (Wildman–Crippen MR) is 84.0 cm³/mol. The fourth-order valence-electron chi connectivity index (χ4n) is 1.67. The van der Waals surface area contributed by atoms with Crippen molar-refractivity contribution in [3.8, 4) is 5.75 Å². The summed E-state index contributed by atoms with van der Waals surface area (Å²) in [5, 5.41) is 12.5. The van der Waals surface area contributed by atoms with Gasteiger partial charge in [0.05, 0.1) is 15.7 Å². The molecule has 0 atom stereocenters. The molecular weight excluding hydrogens is 333 g/mol. The van der Waals surface area contributed by atoms with E-state index in [0.29, 0.717) is 5.92 Å². The summed E-state index contributed by atoms with van der Waals surface area (Å²) in [5.41, 5.74) is 0.679. The topological polar surface area (TPSA) is 59.4 Å². The van der Waals surface area contributed by atoms with E-state index in [0.717, 1.165) is 10.7 Å². The Balaban J connectivity index is 2.21. The minimum atomic E-state index is -1.14. The summed E-state index contributed by atoms with van der Waals surface area (Å²) in [6.07, 6.45) is 0. The first-order valence-electron chi connectivity index (χ1n) is 6.18. The van der Waals surface area contributed by atoms with Crippen molar-refractivity contribution in [1.29, 1.82) is 0 Å². The van der Waals surface area contributed by atoms with E-state index in [2.05, 4.69) is 18.8 Å². The van der Waals surface area contributed by atoms with E-state index in [1.54, 1.807) is 11.3 Å². The lowest BCUT2D eigenvalue weighted by atomic mass is 10.2. The second-order valence-corrected chi connectivity index (χ2v) is 6.42. The Morgan fingerprint density at radius 3 is 2.71 bits per heavy atom. The van der Waals surface area contributed by atoms with E-state index in [-0.39, 0.29) is 28.0 Å². The molecule has 21 heavy (non-hydrogen) atoms. The minimum Gasteiger partial charge on any atom is -0.485 e. The monoisotopic (exact) mass is 345 g/mol. The highest BCUT2D eigenvalue weighted by atomic mass is 35.5. The number of carbonyl (C=O) groups is 1. The maximum Gasteiger partial charge on any atom is 0.339 e. The molecule has 0 aliphatic rings. The Labute approximate surface area is 136 Å². The summed E-state index contributed by atoms with van der Waals surface area (Å²) < 4.78 is 5.54. The molecule has 2 aromatic rings. The summed E-state index contributed by atoms with van der Waals surface area (Å²) >= 11 is 13.4. The molecule has 0 aliphatic heterocycles. The van der Waals surface area contributed by atoms with Crippen LogP contribution in [0.2, 0.25) is 10.0 Å². The first-order valence-corrected chi connectivity index (χ1v) is 7.81. The van der Waals surface area contributed by atoms with Crippen LogP contribution in [0.25, 0.3) is 0 Å². The predicted octanol–water partition coefficient (Wildman–Crippen LogP) is 4.85. The Bertz CT molecular complexity index is 670. The van der Waals surface area contributed by atoms with Gasteiger partial charge in [-0.1, -0.05) is 37.0 Å². The molecule has 0 saturated heterocycles. The molecule has 1 aromatic heterocycles. The molecule has 0 unspecified atom stereocenters. The molecule has 0 fully saturated rings. The number of nitrogens with zero attached hydrogens (tertiary/aromatic N) is 1. The normalized spacial score (nSPS) is 10.9. The number of carboxylic acid groups (broad SMARTS) is 1. The number of hydrogen-bond donors (Lipinski definition) is 1. The van der Waals surface area contributed by atoms with Gasteiger partial charge in [0.1, 0.15) is 12.2 Å². The zero-order valence-electron chi connectivity index (χ0n) is 11.4. The number of thiazole rings is 1. The Hall–Kier alpha value is -1.30.